The Bertz CT molecular complexity index is 486. The van der Waals surface area contributed by atoms with E-state index in [9.17, 15) is 13.2 Å². The average Bonchev–Trinajstić information content (AvgIpc) is 2.27. The van der Waals surface area contributed by atoms with Gasteiger partial charge in [0.05, 0.1) is 5.75 Å². The van der Waals surface area contributed by atoms with Crippen LogP contribution in [0, 0.1) is 0 Å². The molecule has 0 radical (unpaired) electrons. The SMILES string of the molecule is CC(=O)NCCS(=O)(=O)O.CC(N)Cc1ccccc1. The van der Waals surface area contributed by atoms with Crippen molar-refractivity contribution in [2.45, 2.75) is 26.3 Å². The van der Waals surface area contributed by atoms with E-state index in [1.54, 1.807) is 0 Å². The number of benzene rings is 1. The summed E-state index contributed by atoms with van der Waals surface area (Å²) in [5, 5.41) is 2.22. The zero-order valence-corrected chi connectivity index (χ0v) is 12.6. The summed E-state index contributed by atoms with van der Waals surface area (Å²) in [4.78, 5) is 10.1. The maximum Gasteiger partial charge on any atom is 0.266 e. The number of carbonyl (C=O) groups is 1. The van der Waals surface area contributed by atoms with Gasteiger partial charge in [0.25, 0.3) is 10.1 Å². The molecule has 0 heterocycles. The highest BCUT2D eigenvalue weighted by atomic mass is 32.2. The van der Waals surface area contributed by atoms with E-state index >= 15 is 0 Å². The Labute approximate surface area is 120 Å². The van der Waals surface area contributed by atoms with Gasteiger partial charge in [-0.3, -0.25) is 9.35 Å². The number of hydrogen-bond donors (Lipinski definition) is 3. The lowest BCUT2D eigenvalue weighted by Gasteiger charge is -2.02. The van der Waals surface area contributed by atoms with Crippen LogP contribution in [-0.4, -0.2) is 37.2 Å². The maximum atomic E-state index is 10.1. The third-order valence-electron chi connectivity index (χ3n) is 2.13. The fourth-order valence-electron chi connectivity index (χ4n) is 1.34. The molecule has 1 atom stereocenters. The molecule has 1 rings (SSSR count). The number of carbonyl (C=O) groups excluding carboxylic acids is 1. The van der Waals surface area contributed by atoms with Crippen molar-refractivity contribution in [1.82, 2.24) is 5.32 Å². The summed E-state index contributed by atoms with van der Waals surface area (Å²) < 4.78 is 28.2. The van der Waals surface area contributed by atoms with Gasteiger partial charge in [-0.25, -0.2) is 0 Å². The number of amides is 1. The first kappa shape index (κ1) is 18.6. The van der Waals surface area contributed by atoms with Crippen LogP contribution in [0.1, 0.15) is 19.4 Å². The summed E-state index contributed by atoms with van der Waals surface area (Å²) >= 11 is 0. The molecule has 0 aliphatic heterocycles. The molecule has 1 amide bonds. The van der Waals surface area contributed by atoms with Crippen LogP contribution in [0.25, 0.3) is 0 Å². The predicted octanol–water partition coefficient (Wildman–Crippen LogP) is 0.587. The number of nitrogens with two attached hydrogens (primary N) is 1. The Balaban J connectivity index is 0.000000361. The van der Waals surface area contributed by atoms with Crippen LogP contribution in [-0.2, 0) is 21.3 Å². The fourth-order valence-corrected chi connectivity index (χ4v) is 1.70. The second-order valence-electron chi connectivity index (χ2n) is 4.44. The molecule has 114 valence electrons. The molecule has 7 heteroatoms. The van der Waals surface area contributed by atoms with E-state index in [4.69, 9.17) is 10.3 Å². The van der Waals surface area contributed by atoms with Crippen molar-refractivity contribution in [3.63, 3.8) is 0 Å². The second-order valence-corrected chi connectivity index (χ2v) is 6.01. The van der Waals surface area contributed by atoms with Crippen LogP contribution in [0.2, 0.25) is 0 Å². The monoisotopic (exact) mass is 302 g/mol. The minimum Gasteiger partial charge on any atom is -0.355 e. The summed E-state index contributed by atoms with van der Waals surface area (Å²) in [6.07, 6.45) is 0.973. The molecule has 6 nitrogen and oxygen atoms in total. The summed E-state index contributed by atoms with van der Waals surface area (Å²) in [5.41, 5.74) is 6.94. The quantitative estimate of drug-likeness (QED) is 0.690. The highest BCUT2D eigenvalue weighted by Crippen LogP contribution is 2.00. The summed E-state index contributed by atoms with van der Waals surface area (Å²) in [6.45, 7) is 3.24. The van der Waals surface area contributed by atoms with E-state index in [1.807, 2.05) is 25.1 Å². The molecule has 1 aromatic carbocycles. The van der Waals surface area contributed by atoms with Crippen molar-refractivity contribution in [3.05, 3.63) is 35.9 Å². The second kappa shape index (κ2) is 9.46. The summed E-state index contributed by atoms with van der Waals surface area (Å²) in [5.74, 6) is -0.754. The molecule has 0 fully saturated rings. The van der Waals surface area contributed by atoms with Gasteiger partial charge in [0.2, 0.25) is 5.91 Å². The molecular weight excluding hydrogens is 280 g/mol. The minimum absolute atomic E-state index is 0.0475. The van der Waals surface area contributed by atoms with E-state index in [-0.39, 0.29) is 18.5 Å². The van der Waals surface area contributed by atoms with Crippen LogP contribution in [0.15, 0.2) is 30.3 Å². The molecule has 0 saturated heterocycles. The van der Waals surface area contributed by atoms with Crippen LogP contribution in [0.3, 0.4) is 0 Å². The van der Waals surface area contributed by atoms with Gasteiger partial charge in [0.15, 0.2) is 0 Å². The molecule has 1 unspecified atom stereocenters. The zero-order valence-electron chi connectivity index (χ0n) is 11.7. The Morgan fingerprint density at radius 1 is 1.35 bits per heavy atom. The molecule has 0 aliphatic carbocycles. The molecule has 0 aliphatic rings. The minimum atomic E-state index is -3.93. The van der Waals surface area contributed by atoms with Crippen molar-refractivity contribution in [3.8, 4) is 0 Å². The fraction of sp³-hybridized carbons (Fsp3) is 0.462. The topological polar surface area (TPSA) is 109 Å². The number of nitrogens with one attached hydrogen (secondary N) is 1. The van der Waals surface area contributed by atoms with Crippen molar-refractivity contribution in [2.75, 3.05) is 12.3 Å². The molecule has 0 bridgehead atoms. The van der Waals surface area contributed by atoms with Crippen molar-refractivity contribution in [1.29, 1.82) is 0 Å². The van der Waals surface area contributed by atoms with Gasteiger partial charge in [0.1, 0.15) is 0 Å². The van der Waals surface area contributed by atoms with E-state index in [2.05, 4.69) is 17.4 Å². The first-order valence-corrected chi connectivity index (χ1v) is 7.80. The Hall–Kier alpha value is -1.44. The van der Waals surface area contributed by atoms with Gasteiger partial charge < -0.3 is 11.1 Å². The van der Waals surface area contributed by atoms with Crippen molar-refractivity contribution in [2.24, 2.45) is 5.73 Å². The van der Waals surface area contributed by atoms with Gasteiger partial charge in [-0.15, -0.1) is 0 Å². The average molecular weight is 302 g/mol. The molecule has 4 N–H and O–H groups in total. The third kappa shape index (κ3) is 13.0. The molecule has 0 aromatic heterocycles. The number of hydrogen-bond acceptors (Lipinski definition) is 4. The van der Waals surface area contributed by atoms with E-state index in [0.29, 0.717) is 0 Å². The number of rotatable bonds is 5. The smallest absolute Gasteiger partial charge is 0.266 e. The lowest BCUT2D eigenvalue weighted by atomic mass is 10.1. The lowest BCUT2D eigenvalue weighted by Crippen LogP contribution is -2.26. The van der Waals surface area contributed by atoms with Gasteiger partial charge in [-0.1, -0.05) is 30.3 Å². The standard InChI is InChI=1S/C9H13N.C4H9NO4S/c1-8(10)7-9-5-3-2-4-6-9;1-4(6)5-2-3-10(7,8)9/h2-6,8H,7,10H2,1H3;2-3H2,1H3,(H,5,6)(H,7,8,9). The molecular formula is C13H22N2O4S. The van der Waals surface area contributed by atoms with Crippen LogP contribution >= 0.6 is 0 Å². The zero-order chi connectivity index (χ0) is 15.6. The Morgan fingerprint density at radius 2 is 1.90 bits per heavy atom. The highest BCUT2D eigenvalue weighted by Gasteiger charge is 2.02. The lowest BCUT2D eigenvalue weighted by molar-refractivity contribution is -0.118. The van der Waals surface area contributed by atoms with Crippen molar-refractivity contribution >= 4 is 16.0 Å². The maximum absolute atomic E-state index is 10.1. The van der Waals surface area contributed by atoms with Gasteiger partial charge in [-0.05, 0) is 18.9 Å². The van der Waals surface area contributed by atoms with Gasteiger partial charge in [-0.2, -0.15) is 8.42 Å². The molecule has 0 spiro atoms. The molecule has 0 saturated carbocycles. The van der Waals surface area contributed by atoms with E-state index in [0.717, 1.165) is 6.42 Å². The third-order valence-corrected chi connectivity index (χ3v) is 2.85. The molecule has 20 heavy (non-hydrogen) atoms. The first-order valence-electron chi connectivity index (χ1n) is 6.20. The highest BCUT2D eigenvalue weighted by molar-refractivity contribution is 7.85. The Kier molecular flexibility index (Phi) is 8.78. The normalized spacial score (nSPS) is 12.0. The molecule has 1 aromatic rings. The van der Waals surface area contributed by atoms with Crippen LogP contribution in [0.4, 0.5) is 0 Å². The van der Waals surface area contributed by atoms with Gasteiger partial charge in [0, 0.05) is 19.5 Å². The summed E-state index contributed by atoms with van der Waals surface area (Å²) in [6, 6.07) is 10.6. The van der Waals surface area contributed by atoms with Crippen LogP contribution in [0.5, 0.6) is 0 Å². The first-order chi connectivity index (χ1) is 9.20. The Morgan fingerprint density at radius 3 is 2.30 bits per heavy atom. The van der Waals surface area contributed by atoms with Gasteiger partial charge >= 0.3 is 0 Å². The van der Waals surface area contributed by atoms with Crippen LogP contribution < -0.4 is 11.1 Å². The summed E-state index contributed by atoms with van der Waals surface area (Å²) in [7, 11) is -3.93. The van der Waals surface area contributed by atoms with E-state index < -0.39 is 15.9 Å². The largest absolute Gasteiger partial charge is 0.355 e. The van der Waals surface area contributed by atoms with E-state index in [1.165, 1.54) is 12.5 Å². The van der Waals surface area contributed by atoms with Crippen molar-refractivity contribution < 1.29 is 17.8 Å². The predicted molar refractivity (Wildman–Crippen MR) is 78.9 cm³/mol.